The Balaban J connectivity index is 2.34. The highest BCUT2D eigenvalue weighted by atomic mass is 19.1. The standard InChI is InChI=1S/C16H26FNO2/c1-4-9-18-16(3,12-19)8-5-10-20-14-7-6-13(2)15(17)11-14/h6-7,11,18-19H,4-5,8-10,12H2,1-3H3. The van der Waals surface area contributed by atoms with Crippen LogP contribution in [0.5, 0.6) is 5.75 Å². The Morgan fingerprint density at radius 3 is 2.75 bits per heavy atom. The molecule has 0 aliphatic carbocycles. The van der Waals surface area contributed by atoms with Gasteiger partial charge in [0.2, 0.25) is 0 Å². The van der Waals surface area contributed by atoms with Crippen LogP contribution in [0.25, 0.3) is 0 Å². The maximum atomic E-state index is 13.3. The van der Waals surface area contributed by atoms with Gasteiger partial charge in [0.25, 0.3) is 0 Å². The van der Waals surface area contributed by atoms with Crippen molar-refractivity contribution in [3.8, 4) is 5.75 Å². The van der Waals surface area contributed by atoms with E-state index in [0.29, 0.717) is 17.9 Å². The number of halogens is 1. The number of ether oxygens (including phenoxy) is 1. The first-order valence-electron chi connectivity index (χ1n) is 7.25. The summed E-state index contributed by atoms with van der Waals surface area (Å²) in [6.45, 7) is 7.35. The molecule has 0 heterocycles. The van der Waals surface area contributed by atoms with Gasteiger partial charge >= 0.3 is 0 Å². The van der Waals surface area contributed by atoms with Crippen LogP contribution in [0.2, 0.25) is 0 Å². The molecule has 0 spiro atoms. The van der Waals surface area contributed by atoms with Gasteiger partial charge < -0.3 is 15.2 Å². The van der Waals surface area contributed by atoms with Crippen molar-refractivity contribution < 1.29 is 14.2 Å². The summed E-state index contributed by atoms with van der Waals surface area (Å²) in [7, 11) is 0. The monoisotopic (exact) mass is 283 g/mol. The zero-order chi connectivity index (χ0) is 15.0. The minimum atomic E-state index is -0.266. The summed E-state index contributed by atoms with van der Waals surface area (Å²) in [5.41, 5.74) is 0.353. The van der Waals surface area contributed by atoms with Crippen molar-refractivity contribution >= 4 is 0 Å². The molecule has 114 valence electrons. The zero-order valence-corrected chi connectivity index (χ0v) is 12.7. The topological polar surface area (TPSA) is 41.5 Å². The molecule has 0 saturated heterocycles. The van der Waals surface area contributed by atoms with E-state index >= 15 is 0 Å². The average Bonchev–Trinajstić information content (AvgIpc) is 2.45. The van der Waals surface area contributed by atoms with E-state index in [4.69, 9.17) is 4.74 Å². The second-order valence-corrected chi connectivity index (χ2v) is 5.51. The van der Waals surface area contributed by atoms with Gasteiger partial charge in [-0.1, -0.05) is 13.0 Å². The molecule has 2 N–H and O–H groups in total. The van der Waals surface area contributed by atoms with Gasteiger partial charge in [0.05, 0.1) is 13.2 Å². The Labute approximate surface area is 121 Å². The fourth-order valence-corrected chi connectivity index (χ4v) is 1.97. The van der Waals surface area contributed by atoms with E-state index in [0.717, 1.165) is 25.8 Å². The largest absolute Gasteiger partial charge is 0.493 e. The molecule has 0 bridgehead atoms. The van der Waals surface area contributed by atoms with Crippen molar-refractivity contribution in [3.05, 3.63) is 29.6 Å². The molecule has 0 aromatic heterocycles. The lowest BCUT2D eigenvalue weighted by Crippen LogP contribution is -2.46. The van der Waals surface area contributed by atoms with Gasteiger partial charge in [0, 0.05) is 11.6 Å². The van der Waals surface area contributed by atoms with E-state index in [-0.39, 0.29) is 18.0 Å². The van der Waals surface area contributed by atoms with Crippen LogP contribution in [-0.2, 0) is 0 Å². The first kappa shape index (κ1) is 16.9. The number of nitrogens with one attached hydrogen (secondary N) is 1. The molecule has 4 heteroatoms. The normalized spacial score (nSPS) is 14.1. The average molecular weight is 283 g/mol. The Morgan fingerprint density at radius 2 is 2.15 bits per heavy atom. The summed E-state index contributed by atoms with van der Waals surface area (Å²) in [5.74, 6) is 0.313. The summed E-state index contributed by atoms with van der Waals surface area (Å²) >= 11 is 0. The van der Waals surface area contributed by atoms with Crippen LogP contribution in [-0.4, -0.2) is 30.4 Å². The van der Waals surface area contributed by atoms with Crippen LogP contribution in [0.3, 0.4) is 0 Å². The lowest BCUT2D eigenvalue weighted by atomic mass is 9.97. The van der Waals surface area contributed by atoms with Crippen LogP contribution < -0.4 is 10.1 Å². The number of hydrogen-bond donors (Lipinski definition) is 2. The Hall–Kier alpha value is -1.13. The van der Waals surface area contributed by atoms with E-state index in [1.807, 2.05) is 6.92 Å². The predicted octanol–water partition coefficient (Wildman–Crippen LogP) is 3.04. The van der Waals surface area contributed by atoms with Gasteiger partial charge in [-0.3, -0.25) is 0 Å². The molecule has 1 unspecified atom stereocenters. The maximum absolute atomic E-state index is 13.3. The Morgan fingerprint density at radius 1 is 1.40 bits per heavy atom. The lowest BCUT2D eigenvalue weighted by Gasteiger charge is -2.28. The molecule has 1 atom stereocenters. The van der Waals surface area contributed by atoms with Crippen molar-refractivity contribution in [2.45, 2.75) is 45.6 Å². The van der Waals surface area contributed by atoms with Gasteiger partial charge in [-0.15, -0.1) is 0 Å². The molecule has 0 aliphatic rings. The molecular weight excluding hydrogens is 257 g/mol. The quantitative estimate of drug-likeness (QED) is 0.684. The second kappa shape index (κ2) is 8.22. The molecule has 0 saturated carbocycles. The molecular formula is C16H26FNO2. The van der Waals surface area contributed by atoms with Gasteiger partial charge in [-0.2, -0.15) is 0 Å². The fraction of sp³-hybridized carbons (Fsp3) is 0.625. The molecule has 1 aromatic carbocycles. The van der Waals surface area contributed by atoms with Gasteiger partial charge in [0.1, 0.15) is 11.6 Å². The minimum Gasteiger partial charge on any atom is -0.493 e. The van der Waals surface area contributed by atoms with Crippen molar-refractivity contribution in [1.29, 1.82) is 0 Å². The predicted molar refractivity (Wildman–Crippen MR) is 79.7 cm³/mol. The summed E-state index contributed by atoms with van der Waals surface area (Å²) < 4.78 is 18.9. The second-order valence-electron chi connectivity index (χ2n) is 5.51. The molecule has 0 fully saturated rings. The van der Waals surface area contributed by atoms with Gasteiger partial charge in [-0.05, 0) is 51.3 Å². The van der Waals surface area contributed by atoms with Crippen LogP contribution in [0, 0.1) is 12.7 Å². The number of aryl methyl sites for hydroxylation is 1. The fourth-order valence-electron chi connectivity index (χ4n) is 1.97. The molecule has 0 amide bonds. The van der Waals surface area contributed by atoms with Crippen molar-refractivity contribution in [2.24, 2.45) is 0 Å². The van der Waals surface area contributed by atoms with Gasteiger partial charge in [0.15, 0.2) is 0 Å². The highest BCUT2D eigenvalue weighted by molar-refractivity contribution is 5.27. The van der Waals surface area contributed by atoms with E-state index in [9.17, 15) is 9.50 Å². The van der Waals surface area contributed by atoms with Crippen molar-refractivity contribution in [2.75, 3.05) is 19.8 Å². The highest BCUT2D eigenvalue weighted by Gasteiger charge is 2.21. The summed E-state index contributed by atoms with van der Waals surface area (Å²) in [6, 6.07) is 4.90. The van der Waals surface area contributed by atoms with Crippen LogP contribution in [0.4, 0.5) is 4.39 Å². The molecule has 20 heavy (non-hydrogen) atoms. The third-order valence-corrected chi connectivity index (χ3v) is 3.44. The summed E-state index contributed by atoms with van der Waals surface area (Å²) in [4.78, 5) is 0. The minimum absolute atomic E-state index is 0.103. The Kier molecular flexibility index (Phi) is 6.96. The van der Waals surface area contributed by atoms with Crippen LogP contribution >= 0.6 is 0 Å². The van der Waals surface area contributed by atoms with Crippen molar-refractivity contribution in [3.63, 3.8) is 0 Å². The molecule has 0 aliphatic heterocycles. The third-order valence-electron chi connectivity index (χ3n) is 3.44. The zero-order valence-electron chi connectivity index (χ0n) is 12.7. The van der Waals surface area contributed by atoms with E-state index < -0.39 is 0 Å². The summed E-state index contributed by atoms with van der Waals surface area (Å²) in [6.07, 6.45) is 2.66. The number of aliphatic hydroxyl groups excluding tert-OH is 1. The lowest BCUT2D eigenvalue weighted by molar-refractivity contribution is 0.156. The number of benzene rings is 1. The van der Waals surface area contributed by atoms with Crippen LogP contribution in [0.15, 0.2) is 18.2 Å². The van der Waals surface area contributed by atoms with Gasteiger partial charge in [-0.25, -0.2) is 4.39 Å². The van der Waals surface area contributed by atoms with E-state index in [1.54, 1.807) is 19.1 Å². The molecule has 3 nitrogen and oxygen atoms in total. The maximum Gasteiger partial charge on any atom is 0.129 e. The number of rotatable bonds is 9. The molecule has 0 radical (unpaired) electrons. The van der Waals surface area contributed by atoms with Crippen LogP contribution in [0.1, 0.15) is 38.7 Å². The Bertz CT molecular complexity index is 411. The summed E-state index contributed by atoms with van der Waals surface area (Å²) in [5, 5.41) is 12.8. The number of aliphatic hydroxyl groups is 1. The van der Waals surface area contributed by atoms with Crippen molar-refractivity contribution in [1.82, 2.24) is 5.32 Å². The number of hydrogen-bond acceptors (Lipinski definition) is 3. The first-order chi connectivity index (χ1) is 9.50. The smallest absolute Gasteiger partial charge is 0.129 e. The SMILES string of the molecule is CCCNC(C)(CO)CCCOc1ccc(C)c(F)c1. The molecule has 1 rings (SSSR count). The molecule has 1 aromatic rings. The third kappa shape index (κ3) is 5.47. The highest BCUT2D eigenvalue weighted by Crippen LogP contribution is 2.17. The first-order valence-corrected chi connectivity index (χ1v) is 7.25. The van der Waals surface area contributed by atoms with E-state index in [1.165, 1.54) is 6.07 Å². The van der Waals surface area contributed by atoms with E-state index in [2.05, 4.69) is 12.2 Å².